The van der Waals surface area contributed by atoms with Crippen LogP contribution in [0.1, 0.15) is 86.0 Å². The smallest absolute Gasteiger partial charge is 0.303 e. The van der Waals surface area contributed by atoms with E-state index < -0.39 is 5.60 Å². The van der Waals surface area contributed by atoms with Crippen LogP contribution in [0.25, 0.3) is 0 Å². The Hall–Kier alpha value is -1.65. The highest BCUT2D eigenvalue weighted by atomic mass is 16.6. The standard InChI is InChI=1S/C25H36O5/c1-15(26)25(30-17(3)28)13-10-22-20-7-6-18-14-19(29-16(2)27)8-11-23(18,4)21(20)9-12-24(22,25)5/h6,19-22H,7-14H2,1-5H3/t19?,20-,21+,22+,23+,24+,25+/m1/s1. The Kier molecular flexibility index (Phi) is 5.18. The second-order valence-corrected chi connectivity index (χ2v) is 10.7. The first-order valence-corrected chi connectivity index (χ1v) is 11.6. The maximum atomic E-state index is 12.8. The fraction of sp³-hybridized carbons (Fsp3) is 0.800. The highest BCUT2D eigenvalue weighted by molar-refractivity contribution is 5.89. The van der Waals surface area contributed by atoms with Crippen molar-refractivity contribution in [1.29, 1.82) is 0 Å². The first-order chi connectivity index (χ1) is 14.0. The monoisotopic (exact) mass is 416 g/mol. The molecular weight excluding hydrogens is 380 g/mol. The zero-order valence-electron chi connectivity index (χ0n) is 19.1. The molecule has 7 atom stereocenters. The molecule has 0 radical (unpaired) electrons. The first kappa shape index (κ1) is 21.6. The van der Waals surface area contributed by atoms with Gasteiger partial charge in [0.2, 0.25) is 0 Å². The number of Topliss-reactive ketones (excluding diaryl/α,β-unsaturated/α-hetero) is 1. The zero-order chi connectivity index (χ0) is 21.9. The average molecular weight is 417 g/mol. The van der Waals surface area contributed by atoms with E-state index in [1.165, 1.54) is 19.4 Å². The molecule has 3 fully saturated rings. The van der Waals surface area contributed by atoms with Gasteiger partial charge in [0, 0.05) is 25.7 Å². The summed E-state index contributed by atoms with van der Waals surface area (Å²) in [4.78, 5) is 36.2. The molecule has 30 heavy (non-hydrogen) atoms. The van der Waals surface area contributed by atoms with Crippen molar-refractivity contribution in [3.05, 3.63) is 11.6 Å². The van der Waals surface area contributed by atoms with Crippen LogP contribution in [-0.2, 0) is 23.9 Å². The molecule has 5 heteroatoms. The molecule has 0 aliphatic heterocycles. The number of ether oxygens (including phenoxy) is 2. The predicted molar refractivity (Wildman–Crippen MR) is 112 cm³/mol. The highest BCUT2D eigenvalue weighted by Gasteiger charge is 2.67. The van der Waals surface area contributed by atoms with Gasteiger partial charge in [0.05, 0.1) is 0 Å². The molecule has 4 aliphatic carbocycles. The molecule has 0 aromatic carbocycles. The van der Waals surface area contributed by atoms with E-state index in [9.17, 15) is 14.4 Å². The van der Waals surface area contributed by atoms with Gasteiger partial charge in [-0.05, 0) is 75.0 Å². The number of hydrogen-bond donors (Lipinski definition) is 0. The molecule has 0 spiro atoms. The van der Waals surface area contributed by atoms with Gasteiger partial charge in [0.1, 0.15) is 6.10 Å². The van der Waals surface area contributed by atoms with E-state index in [-0.39, 0.29) is 34.7 Å². The number of rotatable bonds is 3. The summed E-state index contributed by atoms with van der Waals surface area (Å²) < 4.78 is 11.4. The summed E-state index contributed by atoms with van der Waals surface area (Å²) in [5.74, 6) is 0.939. The van der Waals surface area contributed by atoms with Gasteiger partial charge in [0.25, 0.3) is 0 Å². The van der Waals surface area contributed by atoms with Crippen LogP contribution in [0.5, 0.6) is 0 Å². The molecule has 0 saturated heterocycles. The topological polar surface area (TPSA) is 69.7 Å². The number of fused-ring (bicyclic) bond motifs is 5. The van der Waals surface area contributed by atoms with Gasteiger partial charge < -0.3 is 9.47 Å². The largest absolute Gasteiger partial charge is 0.462 e. The van der Waals surface area contributed by atoms with E-state index in [1.54, 1.807) is 6.92 Å². The van der Waals surface area contributed by atoms with Crippen molar-refractivity contribution in [2.75, 3.05) is 0 Å². The Morgan fingerprint density at radius 3 is 2.27 bits per heavy atom. The molecule has 166 valence electrons. The summed E-state index contributed by atoms with van der Waals surface area (Å²) in [7, 11) is 0. The second-order valence-electron chi connectivity index (χ2n) is 10.7. The Labute approximate surface area is 179 Å². The van der Waals surface area contributed by atoms with Gasteiger partial charge in [-0.15, -0.1) is 0 Å². The fourth-order valence-electron chi connectivity index (χ4n) is 8.02. The minimum atomic E-state index is -0.966. The molecule has 4 aliphatic rings. The molecule has 0 bridgehead atoms. The number of carbonyl (C=O) groups excluding carboxylic acids is 3. The van der Waals surface area contributed by atoms with Gasteiger partial charge in [0.15, 0.2) is 11.4 Å². The lowest BCUT2D eigenvalue weighted by molar-refractivity contribution is -0.186. The van der Waals surface area contributed by atoms with Crippen LogP contribution in [-0.4, -0.2) is 29.4 Å². The molecule has 3 saturated carbocycles. The Balaban J connectivity index is 1.63. The van der Waals surface area contributed by atoms with Gasteiger partial charge in [-0.1, -0.05) is 25.5 Å². The summed E-state index contributed by atoms with van der Waals surface area (Å²) >= 11 is 0. The van der Waals surface area contributed by atoms with Crippen LogP contribution in [0.4, 0.5) is 0 Å². The fourth-order valence-corrected chi connectivity index (χ4v) is 8.02. The number of allylic oxidation sites excluding steroid dienone is 1. The normalized spacial score (nSPS) is 44.8. The summed E-state index contributed by atoms with van der Waals surface area (Å²) in [6.07, 6.45) is 9.81. The zero-order valence-corrected chi connectivity index (χ0v) is 19.1. The van der Waals surface area contributed by atoms with Gasteiger partial charge in [-0.25, -0.2) is 0 Å². The Morgan fingerprint density at radius 1 is 0.933 bits per heavy atom. The summed E-state index contributed by atoms with van der Waals surface area (Å²) in [5.41, 5.74) is 0.346. The van der Waals surface area contributed by atoms with Crippen molar-refractivity contribution in [3.8, 4) is 0 Å². The van der Waals surface area contributed by atoms with Crippen LogP contribution in [0.2, 0.25) is 0 Å². The Bertz CT molecular complexity index is 799. The second kappa shape index (κ2) is 7.20. The predicted octanol–water partition coefficient (Wildman–Crippen LogP) is 4.77. The van der Waals surface area contributed by atoms with E-state index in [4.69, 9.17) is 9.47 Å². The molecule has 0 aromatic rings. The number of ketones is 1. The SMILES string of the molecule is CC(=O)OC1CC[C@@]2(C)C(=CC[C@@H]3[C@@H]2CC[C@@]2(C)[C@H]3CC[C@]2(OC(C)=O)C(C)=O)C1. The maximum Gasteiger partial charge on any atom is 0.303 e. The van der Waals surface area contributed by atoms with Gasteiger partial charge >= 0.3 is 11.9 Å². The minimum Gasteiger partial charge on any atom is -0.462 e. The molecule has 1 unspecified atom stereocenters. The molecule has 0 amide bonds. The van der Waals surface area contributed by atoms with Crippen LogP contribution >= 0.6 is 0 Å². The van der Waals surface area contributed by atoms with Crippen molar-refractivity contribution in [3.63, 3.8) is 0 Å². The average Bonchev–Trinajstić information content (AvgIpc) is 2.94. The molecule has 5 nitrogen and oxygen atoms in total. The molecule has 0 heterocycles. The third-order valence-corrected chi connectivity index (χ3v) is 9.40. The van der Waals surface area contributed by atoms with Crippen molar-refractivity contribution < 1.29 is 23.9 Å². The van der Waals surface area contributed by atoms with Gasteiger partial charge in [-0.2, -0.15) is 0 Å². The third kappa shape index (κ3) is 2.98. The van der Waals surface area contributed by atoms with Crippen molar-refractivity contribution in [1.82, 2.24) is 0 Å². The van der Waals surface area contributed by atoms with E-state index in [0.717, 1.165) is 44.9 Å². The van der Waals surface area contributed by atoms with Crippen molar-refractivity contribution in [2.45, 2.75) is 97.7 Å². The third-order valence-electron chi connectivity index (χ3n) is 9.40. The lowest BCUT2D eigenvalue weighted by Gasteiger charge is -2.59. The molecular formula is C25H36O5. The molecule has 4 rings (SSSR count). The van der Waals surface area contributed by atoms with Crippen LogP contribution in [0.3, 0.4) is 0 Å². The van der Waals surface area contributed by atoms with Crippen LogP contribution in [0, 0.1) is 28.6 Å². The number of esters is 2. The van der Waals surface area contributed by atoms with E-state index >= 15 is 0 Å². The minimum absolute atomic E-state index is 0.00120. The lowest BCUT2D eigenvalue weighted by Crippen LogP contribution is -2.58. The number of hydrogen-bond acceptors (Lipinski definition) is 5. The lowest BCUT2D eigenvalue weighted by atomic mass is 9.46. The van der Waals surface area contributed by atoms with Crippen LogP contribution in [0.15, 0.2) is 11.6 Å². The maximum absolute atomic E-state index is 12.8. The molecule has 0 aromatic heterocycles. The first-order valence-electron chi connectivity index (χ1n) is 11.6. The van der Waals surface area contributed by atoms with Crippen LogP contribution < -0.4 is 0 Å². The van der Waals surface area contributed by atoms with Gasteiger partial charge in [-0.3, -0.25) is 14.4 Å². The van der Waals surface area contributed by atoms with Crippen molar-refractivity contribution >= 4 is 17.7 Å². The van der Waals surface area contributed by atoms with E-state index in [2.05, 4.69) is 19.9 Å². The quantitative estimate of drug-likeness (QED) is 0.489. The summed E-state index contributed by atoms with van der Waals surface area (Å²) in [5, 5.41) is 0. The highest BCUT2D eigenvalue weighted by Crippen LogP contribution is 2.68. The summed E-state index contributed by atoms with van der Waals surface area (Å²) in [6, 6.07) is 0. The van der Waals surface area contributed by atoms with E-state index in [1.807, 2.05) is 0 Å². The van der Waals surface area contributed by atoms with E-state index in [0.29, 0.717) is 24.2 Å². The molecule has 0 N–H and O–H groups in total. The van der Waals surface area contributed by atoms with Crippen molar-refractivity contribution in [2.24, 2.45) is 28.6 Å². The number of carbonyl (C=O) groups is 3. The Morgan fingerprint density at radius 2 is 1.63 bits per heavy atom. The summed E-state index contributed by atoms with van der Waals surface area (Å²) in [6.45, 7) is 9.11.